The second kappa shape index (κ2) is 10.8. The van der Waals surface area contributed by atoms with E-state index in [0.717, 1.165) is 35.4 Å². The molecule has 35 heavy (non-hydrogen) atoms. The second-order valence-corrected chi connectivity index (χ2v) is 8.22. The highest BCUT2D eigenvalue weighted by Crippen LogP contribution is 2.38. The van der Waals surface area contributed by atoms with Gasteiger partial charge in [-0.1, -0.05) is 13.8 Å². The van der Waals surface area contributed by atoms with Gasteiger partial charge in [0, 0.05) is 41.6 Å². The first-order chi connectivity index (χ1) is 17.1. The molecule has 8 nitrogen and oxygen atoms in total. The van der Waals surface area contributed by atoms with Gasteiger partial charge in [0.05, 0.1) is 0 Å². The molecule has 0 saturated carbocycles. The van der Waals surface area contributed by atoms with Crippen molar-refractivity contribution in [2.24, 2.45) is 0 Å². The standard InChI is InChI=1S/C27H28N4O4/c1-3-27(4-2,23-7-5-21(30-23)25(32)34-17-19-9-13-28-14-10-19)24-8-6-22(31-24)26(33)35-18-20-11-15-29-16-12-20/h5-16,30-31H,3-4,17-18H2,1-2H3. The molecule has 0 spiro atoms. The molecule has 0 unspecified atom stereocenters. The third-order valence-corrected chi connectivity index (χ3v) is 6.29. The second-order valence-electron chi connectivity index (χ2n) is 8.22. The minimum atomic E-state index is -0.437. The topological polar surface area (TPSA) is 110 Å². The van der Waals surface area contributed by atoms with Crippen LogP contribution in [0.1, 0.15) is 70.2 Å². The summed E-state index contributed by atoms with van der Waals surface area (Å²) in [5.74, 6) is -0.859. The fraction of sp³-hybridized carbons (Fsp3) is 0.259. The molecule has 4 aromatic rings. The van der Waals surface area contributed by atoms with E-state index in [4.69, 9.17) is 9.47 Å². The Hall–Kier alpha value is -4.20. The third kappa shape index (κ3) is 5.32. The number of esters is 2. The van der Waals surface area contributed by atoms with Crippen molar-refractivity contribution in [1.82, 2.24) is 19.9 Å². The number of aromatic amines is 2. The van der Waals surface area contributed by atoms with Gasteiger partial charge in [-0.3, -0.25) is 9.97 Å². The van der Waals surface area contributed by atoms with Crippen molar-refractivity contribution in [3.63, 3.8) is 0 Å². The van der Waals surface area contributed by atoms with Crippen LogP contribution in [0.2, 0.25) is 0 Å². The van der Waals surface area contributed by atoms with Gasteiger partial charge in [0.15, 0.2) is 0 Å². The monoisotopic (exact) mass is 472 g/mol. The summed E-state index contributed by atoms with van der Waals surface area (Å²) in [7, 11) is 0. The zero-order chi connectivity index (χ0) is 24.7. The molecule has 8 heteroatoms. The van der Waals surface area contributed by atoms with Crippen LogP contribution < -0.4 is 0 Å². The van der Waals surface area contributed by atoms with Crippen molar-refractivity contribution in [3.8, 4) is 0 Å². The molecule has 4 rings (SSSR count). The van der Waals surface area contributed by atoms with Crippen molar-refractivity contribution in [2.45, 2.75) is 45.3 Å². The lowest BCUT2D eigenvalue weighted by molar-refractivity contribution is 0.0458. The van der Waals surface area contributed by atoms with E-state index < -0.39 is 17.4 Å². The molecule has 180 valence electrons. The Labute approximate surface area is 203 Å². The van der Waals surface area contributed by atoms with E-state index in [1.807, 2.05) is 12.1 Å². The molecule has 0 atom stereocenters. The minimum Gasteiger partial charge on any atom is -0.456 e. The van der Waals surface area contributed by atoms with E-state index in [0.29, 0.717) is 11.4 Å². The Morgan fingerprint density at radius 2 is 1.09 bits per heavy atom. The summed E-state index contributed by atoms with van der Waals surface area (Å²) in [6.45, 7) is 4.50. The van der Waals surface area contributed by atoms with Crippen LogP contribution in [0.5, 0.6) is 0 Å². The van der Waals surface area contributed by atoms with Crippen LogP contribution in [0.3, 0.4) is 0 Å². The predicted octanol–water partition coefficient (Wildman–Crippen LogP) is 4.95. The normalized spacial score (nSPS) is 11.3. The highest BCUT2D eigenvalue weighted by molar-refractivity contribution is 5.88. The Morgan fingerprint density at radius 3 is 1.46 bits per heavy atom. The van der Waals surface area contributed by atoms with E-state index in [9.17, 15) is 9.59 Å². The van der Waals surface area contributed by atoms with Gasteiger partial charge >= 0.3 is 11.9 Å². The summed E-state index contributed by atoms with van der Waals surface area (Å²) in [5, 5.41) is 0. The molecule has 0 aliphatic heterocycles. The molecular formula is C27H28N4O4. The lowest BCUT2D eigenvalue weighted by Gasteiger charge is -2.30. The smallest absolute Gasteiger partial charge is 0.355 e. The average molecular weight is 473 g/mol. The summed E-state index contributed by atoms with van der Waals surface area (Å²) in [5.41, 5.74) is 3.80. The molecule has 0 saturated heterocycles. The number of ether oxygens (including phenoxy) is 2. The highest BCUT2D eigenvalue weighted by atomic mass is 16.5. The van der Waals surface area contributed by atoms with Crippen molar-refractivity contribution >= 4 is 11.9 Å². The van der Waals surface area contributed by atoms with Crippen molar-refractivity contribution in [2.75, 3.05) is 0 Å². The highest BCUT2D eigenvalue weighted by Gasteiger charge is 2.34. The largest absolute Gasteiger partial charge is 0.456 e. The van der Waals surface area contributed by atoms with Gasteiger partial charge in [0.25, 0.3) is 0 Å². The number of rotatable bonds is 10. The maximum absolute atomic E-state index is 12.6. The molecule has 4 heterocycles. The van der Waals surface area contributed by atoms with Gasteiger partial charge < -0.3 is 19.4 Å². The fourth-order valence-corrected chi connectivity index (χ4v) is 4.15. The zero-order valence-corrected chi connectivity index (χ0v) is 19.8. The number of hydrogen-bond donors (Lipinski definition) is 2. The predicted molar refractivity (Wildman–Crippen MR) is 130 cm³/mol. The van der Waals surface area contributed by atoms with Crippen LogP contribution in [0.4, 0.5) is 0 Å². The number of aromatic nitrogens is 4. The molecule has 0 aromatic carbocycles. The van der Waals surface area contributed by atoms with Gasteiger partial charge in [0.1, 0.15) is 24.6 Å². The van der Waals surface area contributed by atoms with E-state index in [1.54, 1.807) is 61.2 Å². The molecule has 2 N–H and O–H groups in total. The van der Waals surface area contributed by atoms with Gasteiger partial charge in [0.2, 0.25) is 0 Å². The van der Waals surface area contributed by atoms with Crippen LogP contribution in [-0.2, 0) is 28.1 Å². The molecule has 0 aliphatic carbocycles. The van der Waals surface area contributed by atoms with Crippen molar-refractivity contribution < 1.29 is 19.1 Å². The van der Waals surface area contributed by atoms with E-state index >= 15 is 0 Å². The SMILES string of the molecule is CCC(CC)(c1ccc(C(=O)OCc2ccncc2)[nH]1)c1ccc(C(=O)OCc2ccncc2)[nH]1. The van der Waals surface area contributed by atoms with Crippen molar-refractivity contribution in [3.05, 3.63) is 107 Å². The van der Waals surface area contributed by atoms with Gasteiger partial charge in [-0.2, -0.15) is 0 Å². The van der Waals surface area contributed by atoms with Crippen LogP contribution in [0, 0.1) is 0 Å². The van der Waals surface area contributed by atoms with Crippen LogP contribution in [-0.4, -0.2) is 31.9 Å². The third-order valence-electron chi connectivity index (χ3n) is 6.29. The molecule has 0 aliphatic rings. The van der Waals surface area contributed by atoms with Crippen molar-refractivity contribution in [1.29, 1.82) is 0 Å². The lowest BCUT2D eigenvalue weighted by Crippen LogP contribution is -2.27. The summed E-state index contributed by atoms with van der Waals surface area (Å²) in [6, 6.07) is 14.5. The molecular weight excluding hydrogens is 444 g/mol. The first kappa shape index (κ1) is 23.9. The molecule has 0 amide bonds. The Balaban J connectivity index is 1.48. The van der Waals surface area contributed by atoms with Crippen LogP contribution in [0.25, 0.3) is 0 Å². The molecule has 0 bridgehead atoms. The van der Waals surface area contributed by atoms with Gasteiger partial charge in [-0.15, -0.1) is 0 Å². The zero-order valence-electron chi connectivity index (χ0n) is 19.8. The maximum Gasteiger partial charge on any atom is 0.355 e. The number of H-pyrrole nitrogens is 2. The Bertz CT molecular complexity index is 1160. The summed E-state index contributed by atoms with van der Waals surface area (Å²) in [4.78, 5) is 39.6. The average Bonchev–Trinajstić information content (AvgIpc) is 3.60. The quantitative estimate of drug-likeness (QED) is 0.316. The summed E-state index contributed by atoms with van der Waals surface area (Å²) in [6.07, 6.45) is 8.14. The maximum atomic E-state index is 12.6. The number of carbonyl (C=O) groups is 2. The van der Waals surface area contributed by atoms with E-state index in [-0.39, 0.29) is 13.2 Å². The molecule has 0 radical (unpaired) electrons. The first-order valence-corrected chi connectivity index (χ1v) is 11.6. The Kier molecular flexibility index (Phi) is 7.40. The van der Waals surface area contributed by atoms with Crippen LogP contribution >= 0.6 is 0 Å². The minimum absolute atomic E-state index is 0.171. The molecule has 4 aromatic heterocycles. The van der Waals surface area contributed by atoms with Gasteiger partial charge in [-0.05, 0) is 72.5 Å². The number of carbonyl (C=O) groups excluding carboxylic acids is 2. The summed E-state index contributed by atoms with van der Waals surface area (Å²) >= 11 is 0. The number of pyridine rings is 2. The Morgan fingerprint density at radius 1 is 0.686 bits per heavy atom. The van der Waals surface area contributed by atoms with Crippen LogP contribution in [0.15, 0.2) is 73.3 Å². The fourth-order valence-electron chi connectivity index (χ4n) is 4.15. The first-order valence-electron chi connectivity index (χ1n) is 11.6. The summed E-state index contributed by atoms with van der Waals surface area (Å²) < 4.78 is 10.9. The lowest BCUT2D eigenvalue weighted by atomic mass is 9.76. The molecule has 0 fully saturated rings. The van der Waals surface area contributed by atoms with E-state index in [1.165, 1.54) is 0 Å². The van der Waals surface area contributed by atoms with E-state index in [2.05, 4.69) is 33.8 Å². The number of nitrogens with zero attached hydrogens (tertiary/aromatic N) is 2. The number of nitrogens with one attached hydrogen (secondary N) is 2. The number of hydrogen-bond acceptors (Lipinski definition) is 6. The van der Waals surface area contributed by atoms with Gasteiger partial charge in [-0.25, -0.2) is 9.59 Å².